The number of carbonyl (C=O) groups is 1. The first-order valence-corrected chi connectivity index (χ1v) is 9.56. The topological polar surface area (TPSA) is 38.1 Å². The molecule has 2 atom stereocenters. The molecule has 1 fully saturated rings. The summed E-state index contributed by atoms with van der Waals surface area (Å²) in [5, 5.41) is 0.991. The largest absolute Gasteiger partial charge is 0.333 e. The van der Waals surface area contributed by atoms with Crippen molar-refractivity contribution in [3.8, 4) is 0 Å². The van der Waals surface area contributed by atoms with Gasteiger partial charge >= 0.3 is 0 Å². The molecular formula is C19H25N3OS. The predicted octanol–water partition coefficient (Wildman–Crippen LogP) is 4.12. The second kappa shape index (κ2) is 7.43. The van der Waals surface area contributed by atoms with Crippen molar-refractivity contribution < 1.29 is 4.79 Å². The smallest absolute Gasteiger partial charge is 0.254 e. The van der Waals surface area contributed by atoms with E-state index in [0.717, 1.165) is 34.9 Å². The van der Waals surface area contributed by atoms with Gasteiger partial charge in [-0.2, -0.15) is 0 Å². The van der Waals surface area contributed by atoms with E-state index >= 15 is 0 Å². The highest BCUT2D eigenvalue weighted by Gasteiger charge is 2.29. The number of hydrogen-bond donors (Lipinski definition) is 0. The second-order valence-corrected chi connectivity index (χ2v) is 7.59. The Bertz CT molecular complexity index is 702. The zero-order valence-electron chi connectivity index (χ0n) is 14.6. The van der Waals surface area contributed by atoms with Gasteiger partial charge in [0.05, 0.1) is 0 Å². The Hall–Kier alpha value is -1.75. The molecule has 1 saturated heterocycles. The highest BCUT2D eigenvalue weighted by Crippen LogP contribution is 2.26. The molecule has 0 N–H and O–H groups in total. The molecule has 24 heavy (non-hydrogen) atoms. The molecule has 1 aliphatic heterocycles. The van der Waals surface area contributed by atoms with Crippen LogP contribution in [0.2, 0.25) is 0 Å². The molecule has 0 bridgehead atoms. The molecule has 1 aromatic heterocycles. The summed E-state index contributed by atoms with van der Waals surface area (Å²) in [5.41, 5.74) is 1.96. The van der Waals surface area contributed by atoms with Crippen LogP contribution in [0.15, 0.2) is 41.8 Å². The fourth-order valence-electron chi connectivity index (χ4n) is 3.40. The van der Waals surface area contributed by atoms with Crippen LogP contribution >= 0.6 is 11.8 Å². The molecule has 0 spiro atoms. The van der Waals surface area contributed by atoms with Crippen molar-refractivity contribution in [3.05, 3.63) is 47.8 Å². The highest BCUT2D eigenvalue weighted by molar-refractivity contribution is 7.98. The molecule has 5 heteroatoms. The number of likely N-dealkylation sites (tertiary alicyclic amines) is 1. The van der Waals surface area contributed by atoms with Crippen molar-refractivity contribution in [2.24, 2.45) is 7.05 Å². The minimum atomic E-state index is 0.165. The molecule has 2 aromatic rings. The van der Waals surface area contributed by atoms with E-state index in [4.69, 9.17) is 0 Å². The van der Waals surface area contributed by atoms with E-state index in [1.807, 2.05) is 36.0 Å². The minimum Gasteiger partial charge on any atom is -0.333 e. The van der Waals surface area contributed by atoms with Crippen LogP contribution in [0.4, 0.5) is 0 Å². The lowest BCUT2D eigenvalue weighted by Gasteiger charge is -2.39. The van der Waals surface area contributed by atoms with E-state index in [2.05, 4.69) is 29.8 Å². The van der Waals surface area contributed by atoms with Crippen LogP contribution in [0.5, 0.6) is 0 Å². The first-order valence-electron chi connectivity index (χ1n) is 8.58. The van der Waals surface area contributed by atoms with Gasteiger partial charge in [0.1, 0.15) is 0 Å². The second-order valence-electron chi connectivity index (χ2n) is 6.65. The Kier molecular flexibility index (Phi) is 5.29. The lowest BCUT2D eigenvalue weighted by molar-refractivity contribution is 0.0510. The number of aromatic nitrogens is 2. The van der Waals surface area contributed by atoms with Crippen LogP contribution in [-0.2, 0) is 12.8 Å². The maximum atomic E-state index is 13.0. The summed E-state index contributed by atoms with van der Waals surface area (Å²) in [4.78, 5) is 19.4. The number of hydrogen-bond acceptors (Lipinski definition) is 3. The molecular weight excluding hydrogens is 318 g/mol. The molecule has 4 nitrogen and oxygen atoms in total. The summed E-state index contributed by atoms with van der Waals surface area (Å²) in [6, 6.07) is 8.69. The van der Waals surface area contributed by atoms with Crippen LogP contribution in [-0.4, -0.2) is 32.4 Å². The molecule has 2 heterocycles. The SMILES string of the molecule is CC1CCCC(C)N1C(=O)c1cccc(CSc2nccn2C)c1. The van der Waals surface area contributed by atoms with E-state index in [-0.39, 0.29) is 5.91 Å². The van der Waals surface area contributed by atoms with Gasteiger partial charge in [0.25, 0.3) is 5.91 Å². The van der Waals surface area contributed by atoms with Crippen molar-refractivity contribution in [1.82, 2.24) is 14.5 Å². The van der Waals surface area contributed by atoms with Gasteiger partial charge in [-0.3, -0.25) is 4.79 Å². The van der Waals surface area contributed by atoms with Crippen molar-refractivity contribution >= 4 is 17.7 Å². The van der Waals surface area contributed by atoms with E-state index in [1.165, 1.54) is 6.42 Å². The number of rotatable bonds is 4. The van der Waals surface area contributed by atoms with Crippen molar-refractivity contribution in [2.45, 2.75) is 56.1 Å². The Morgan fingerprint density at radius 2 is 2.04 bits per heavy atom. The van der Waals surface area contributed by atoms with Crippen LogP contribution in [0.3, 0.4) is 0 Å². The average molecular weight is 343 g/mol. The molecule has 128 valence electrons. The molecule has 1 aromatic carbocycles. The highest BCUT2D eigenvalue weighted by atomic mass is 32.2. The Balaban J connectivity index is 1.72. The summed E-state index contributed by atoms with van der Waals surface area (Å²) in [5.74, 6) is 0.982. The number of nitrogens with zero attached hydrogens (tertiary/aromatic N) is 3. The Morgan fingerprint density at radius 3 is 2.71 bits per heavy atom. The lowest BCUT2D eigenvalue weighted by atomic mass is 9.96. The average Bonchev–Trinajstić information content (AvgIpc) is 2.98. The molecule has 3 rings (SSSR count). The third-order valence-electron chi connectivity index (χ3n) is 4.75. The van der Waals surface area contributed by atoms with Crippen molar-refractivity contribution in [1.29, 1.82) is 0 Å². The number of imidazole rings is 1. The number of carbonyl (C=O) groups excluding carboxylic acids is 1. The van der Waals surface area contributed by atoms with Gasteiger partial charge in [0.15, 0.2) is 5.16 Å². The number of piperidine rings is 1. The number of thioether (sulfide) groups is 1. The van der Waals surface area contributed by atoms with Crippen molar-refractivity contribution in [2.75, 3.05) is 0 Å². The number of aryl methyl sites for hydroxylation is 1. The maximum Gasteiger partial charge on any atom is 0.254 e. The van der Waals surface area contributed by atoms with Crippen LogP contribution < -0.4 is 0 Å². The molecule has 0 radical (unpaired) electrons. The molecule has 2 unspecified atom stereocenters. The first-order chi connectivity index (χ1) is 11.6. The van der Waals surface area contributed by atoms with Crippen LogP contribution in [0.25, 0.3) is 0 Å². The van der Waals surface area contributed by atoms with Gasteiger partial charge in [0.2, 0.25) is 0 Å². The van der Waals surface area contributed by atoms with E-state index < -0.39 is 0 Å². The molecule has 0 saturated carbocycles. The number of amides is 1. The minimum absolute atomic E-state index is 0.165. The van der Waals surface area contributed by atoms with Gasteiger partial charge < -0.3 is 9.47 Å². The van der Waals surface area contributed by atoms with E-state index in [9.17, 15) is 4.79 Å². The Labute approximate surface area is 148 Å². The summed E-state index contributed by atoms with van der Waals surface area (Å²) in [6.45, 7) is 4.32. The third-order valence-corrected chi connectivity index (χ3v) is 5.88. The molecule has 1 amide bonds. The van der Waals surface area contributed by atoms with Crippen LogP contribution in [0, 0.1) is 0 Å². The normalized spacial score (nSPS) is 21.0. The number of benzene rings is 1. The maximum absolute atomic E-state index is 13.0. The monoisotopic (exact) mass is 343 g/mol. The Morgan fingerprint density at radius 1 is 1.29 bits per heavy atom. The summed E-state index contributed by atoms with van der Waals surface area (Å²) < 4.78 is 2.01. The third kappa shape index (κ3) is 3.66. The fourth-order valence-corrected chi connectivity index (χ4v) is 4.28. The summed E-state index contributed by atoms with van der Waals surface area (Å²) >= 11 is 1.69. The van der Waals surface area contributed by atoms with E-state index in [1.54, 1.807) is 18.0 Å². The molecule has 0 aliphatic carbocycles. The lowest BCUT2D eigenvalue weighted by Crippen LogP contribution is -2.47. The van der Waals surface area contributed by atoms with Crippen LogP contribution in [0.1, 0.15) is 49.0 Å². The quantitative estimate of drug-likeness (QED) is 0.784. The fraction of sp³-hybridized carbons (Fsp3) is 0.474. The van der Waals surface area contributed by atoms with Gasteiger partial charge in [-0.05, 0) is 50.8 Å². The van der Waals surface area contributed by atoms with E-state index in [0.29, 0.717) is 12.1 Å². The molecule has 1 aliphatic rings. The van der Waals surface area contributed by atoms with Gasteiger partial charge in [0, 0.05) is 42.8 Å². The van der Waals surface area contributed by atoms with Gasteiger partial charge in [-0.25, -0.2) is 4.98 Å². The van der Waals surface area contributed by atoms with Crippen molar-refractivity contribution in [3.63, 3.8) is 0 Å². The predicted molar refractivity (Wildman–Crippen MR) is 98.2 cm³/mol. The standard InChI is InChI=1S/C19H25N3OS/c1-14-6-4-7-15(2)22(14)18(23)17-9-5-8-16(12-17)13-24-19-20-10-11-21(19)3/h5,8-12,14-15H,4,6-7,13H2,1-3H3. The summed E-state index contributed by atoms with van der Waals surface area (Å²) in [7, 11) is 1.99. The zero-order valence-corrected chi connectivity index (χ0v) is 15.4. The zero-order chi connectivity index (χ0) is 17.1. The van der Waals surface area contributed by atoms with Gasteiger partial charge in [-0.1, -0.05) is 23.9 Å². The first kappa shape index (κ1) is 17.1. The summed E-state index contributed by atoms with van der Waals surface area (Å²) in [6.07, 6.45) is 7.17. The van der Waals surface area contributed by atoms with Gasteiger partial charge in [-0.15, -0.1) is 0 Å².